The molecule has 0 amide bonds. The number of rotatable bonds is 3. The monoisotopic (exact) mass is 257 g/mol. The largest absolute Gasteiger partial charge is 0.385 e. The maximum Gasteiger partial charge on any atom is 0.109 e. The molecule has 1 saturated carbocycles. The fraction of sp³-hybridized carbons (Fsp3) is 0.438. The zero-order valence-electron chi connectivity index (χ0n) is 11.2. The fourth-order valence-electron chi connectivity index (χ4n) is 3.22. The fourth-order valence-corrected chi connectivity index (χ4v) is 3.22. The van der Waals surface area contributed by atoms with Crippen molar-refractivity contribution < 1.29 is 9.84 Å². The molecule has 0 spiro atoms. The van der Waals surface area contributed by atoms with Crippen molar-refractivity contribution in [3.05, 3.63) is 42.2 Å². The van der Waals surface area contributed by atoms with Gasteiger partial charge in [0.25, 0.3) is 0 Å². The quantitative estimate of drug-likeness (QED) is 0.918. The van der Waals surface area contributed by atoms with Gasteiger partial charge in [0.05, 0.1) is 5.60 Å². The molecule has 100 valence electrons. The molecule has 2 aromatic rings. The first-order chi connectivity index (χ1) is 9.27. The van der Waals surface area contributed by atoms with Crippen LogP contribution >= 0.6 is 0 Å². The van der Waals surface area contributed by atoms with E-state index in [-0.39, 0.29) is 0 Å². The zero-order chi connectivity index (χ0) is 13.3. The molecule has 3 nitrogen and oxygen atoms in total. The summed E-state index contributed by atoms with van der Waals surface area (Å²) in [5.41, 5.74) is 0.499. The summed E-state index contributed by atoms with van der Waals surface area (Å²) in [6.07, 6.45) is 7.09. The van der Waals surface area contributed by atoms with E-state index in [2.05, 4.69) is 4.98 Å². The van der Waals surface area contributed by atoms with Gasteiger partial charge in [-0.25, -0.2) is 0 Å². The lowest BCUT2D eigenvalue weighted by molar-refractivity contribution is -0.0995. The molecule has 0 radical (unpaired) electrons. The summed E-state index contributed by atoms with van der Waals surface area (Å²) in [6.45, 7) is 0. The molecular formula is C16H19NO2. The Morgan fingerprint density at radius 1 is 1.26 bits per heavy atom. The Morgan fingerprint density at radius 3 is 2.79 bits per heavy atom. The second-order valence-corrected chi connectivity index (χ2v) is 5.32. The van der Waals surface area contributed by atoms with E-state index in [1.54, 1.807) is 13.3 Å². The Morgan fingerprint density at radius 2 is 2.05 bits per heavy atom. The second-order valence-electron chi connectivity index (χ2n) is 5.32. The van der Waals surface area contributed by atoms with Crippen molar-refractivity contribution in [2.24, 2.45) is 0 Å². The van der Waals surface area contributed by atoms with Gasteiger partial charge >= 0.3 is 0 Å². The van der Waals surface area contributed by atoms with E-state index in [4.69, 9.17) is 4.74 Å². The Balaban J connectivity index is 2.08. The summed E-state index contributed by atoms with van der Waals surface area (Å²) in [5.74, 6) is 0. The van der Waals surface area contributed by atoms with E-state index < -0.39 is 11.7 Å². The SMILES string of the molecule is COC1(C(O)c2cccc3ccncc23)CCCC1. The third-order valence-electron chi connectivity index (χ3n) is 4.37. The van der Waals surface area contributed by atoms with Crippen molar-refractivity contribution in [3.8, 4) is 0 Å². The lowest BCUT2D eigenvalue weighted by atomic mass is 9.87. The highest BCUT2D eigenvalue weighted by atomic mass is 16.5. The van der Waals surface area contributed by atoms with Crippen LogP contribution in [0.1, 0.15) is 37.4 Å². The molecule has 1 N–H and O–H groups in total. The maximum absolute atomic E-state index is 10.8. The number of aliphatic hydroxyl groups excluding tert-OH is 1. The van der Waals surface area contributed by atoms with Gasteiger partial charge < -0.3 is 9.84 Å². The van der Waals surface area contributed by atoms with Crippen LogP contribution in [-0.4, -0.2) is 22.8 Å². The number of fused-ring (bicyclic) bond motifs is 1. The molecule has 19 heavy (non-hydrogen) atoms. The molecule has 0 bridgehead atoms. The summed E-state index contributed by atoms with van der Waals surface area (Å²) in [5, 5.41) is 12.9. The van der Waals surface area contributed by atoms with Gasteiger partial charge in [0.15, 0.2) is 0 Å². The summed E-state index contributed by atoms with van der Waals surface area (Å²) in [4.78, 5) is 4.18. The molecule has 3 rings (SSSR count). The van der Waals surface area contributed by atoms with Crippen LogP contribution in [0.3, 0.4) is 0 Å². The standard InChI is InChI=1S/C16H19NO2/c1-19-16(8-2-3-9-16)15(18)13-6-4-5-12-7-10-17-11-14(12)13/h4-7,10-11,15,18H,2-3,8-9H2,1H3. The summed E-state index contributed by atoms with van der Waals surface area (Å²) >= 11 is 0. The highest BCUT2D eigenvalue weighted by molar-refractivity contribution is 5.85. The summed E-state index contributed by atoms with van der Waals surface area (Å²) in [7, 11) is 1.71. The van der Waals surface area contributed by atoms with Gasteiger partial charge in [-0.2, -0.15) is 0 Å². The minimum atomic E-state index is -0.590. The van der Waals surface area contributed by atoms with Gasteiger partial charge in [0.2, 0.25) is 0 Å². The third-order valence-corrected chi connectivity index (χ3v) is 4.37. The molecule has 1 aliphatic rings. The van der Waals surface area contributed by atoms with Crippen molar-refractivity contribution >= 4 is 10.8 Å². The van der Waals surface area contributed by atoms with E-state index in [1.165, 1.54) is 0 Å². The Kier molecular flexibility index (Phi) is 3.25. The zero-order valence-corrected chi connectivity index (χ0v) is 11.2. The van der Waals surface area contributed by atoms with Gasteiger partial charge in [-0.1, -0.05) is 31.0 Å². The molecule has 1 fully saturated rings. The van der Waals surface area contributed by atoms with Crippen molar-refractivity contribution in [1.82, 2.24) is 4.98 Å². The average Bonchev–Trinajstić information content (AvgIpc) is 2.96. The highest BCUT2D eigenvalue weighted by Gasteiger charge is 2.42. The van der Waals surface area contributed by atoms with E-state index in [9.17, 15) is 5.11 Å². The average molecular weight is 257 g/mol. The molecule has 1 atom stereocenters. The van der Waals surface area contributed by atoms with E-state index in [0.717, 1.165) is 42.0 Å². The van der Waals surface area contributed by atoms with Crippen LogP contribution in [0.4, 0.5) is 0 Å². The lowest BCUT2D eigenvalue weighted by Gasteiger charge is -2.33. The number of aromatic nitrogens is 1. The molecule has 3 heteroatoms. The van der Waals surface area contributed by atoms with Crippen molar-refractivity contribution in [2.45, 2.75) is 37.4 Å². The smallest absolute Gasteiger partial charge is 0.109 e. The van der Waals surface area contributed by atoms with Crippen molar-refractivity contribution in [3.63, 3.8) is 0 Å². The van der Waals surface area contributed by atoms with E-state index >= 15 is 0 Å². The first-order valence-corrected chi connectivity index (χ1v) is 6.83. The number of hydrogen-bond acceptors (Lipinski definition) is 3. The van der Waals surface area contributed by atoms with Gasteiger partial charge in [-0.05, 0) is 29.9 Å². The first-order valence-electron chi connectivity index (χ1n) is 6.83. The molecule has 1 unspecified atom stereocenters. The van der Waals surface area contributed by atoms with Crippen LogP contribution in [0, 0.1) is 0 Å². The molecule has 0 aliphatic heterocycles. The van der Waals surface area contributed by atoms with Crippen molar-refractivity contribution in [1.29, 1.82) is 0 Å². The van der Waals surface area contributed by atoms with Crippen LogP contribution in [0.25, 0.3) is 10.8 Å². The Labute approximate surface area is 113 Å². The van der Waals surface area contributed by atoms with Crippen molar-refractivity contribution in [2.75, 3.05) is 7.11 Å². The number of benzene rings is 1. The molecule has 1 aliphatic carbocycles. The molecule has 0 saturated heterocycles. The molecule has 1 aromatic carbocycles. The molecule has 1 aromatic heterocycles. The minimum Gasteiger partial charge on any atom is -0.385 e. The van der Waals surface area contributed by atoms with Crippen LogP contribution in [0.15, 0.2) is 36.7 Å². The number of ether oxygens (including phenoxy) is 1. The Bertz CT molecular complexity index is 570. The number of pyridine rings is 1. The van der Waals surface area contributed by atoms with Crippen LogP contribution in [-0.2, 0) is 4.74 Å². The van der Waals surface area contributed by atoms with Gasteiger partial charge in [0.1, 0.15) is 6.10 Å². The van der Waals surface area contributed by atoms with Crippen LogP contribution in [0.5, 0.6) is 0 Å². The normalized spacial score (nSPS) is 19.7. The third kappa shape index (κ3) is 2.03. The summed E-state index contributed by atoms with van der Waals surface area (Å²) < 4.78 is 5.69. The van der Waals surface area contributed by atoms with E-state index in [1.807, 2.05) is 30.5 Å². The van der Waals surface area contributed by atoms with Crippen LogP contribution < -0.4 is 0 Å². The summed E-state index contributed by atoms with van der Waals surface area (Å²) in [6, 6.07) is 7.98. The topological polar surface area (TPSA) is 42.4 Å². The van der Waals surface area contributed by atoms with Gasteiger partial charge in [0, 0.05) is 24.9 Å². The highest BCUT2D eigenvalue weighted by Crippen LogP contribution is 2.43. The number of hydrogen-bond donors (Lipinski definition) is 1. The van der Waals surface area contributed by atoms with Gasteiger partial charge in [-0.15, -0.1) is 0 Å². The lowest BCUT2D eigenvalue weighted by Crippen LogP contribution is -2.35. The van der Waals surface area contributed by atoms with Crippen LogP contribution in [0.2, 0.25) is 0 Å². The van der Waals surface area contributed by atoms with Gasteiger partial charge in [-0.3, -0.25) is 4.98 Å². The number of methoxy groups -OCH3 is 1. The minimum absolute atomic E-state index is 0.426. The Hall–Kier alpha value is -1.45. The second kappa shape index (κ2) is 4.91. The molecular weight excluding hydrogens is 238 g/mol. The predicted octanol–water partition coefficient (Wildman–Crippen LogP) is 3.23. The molecule has 1 heterocycles. The first kappa shape index (κ1) is 12.6. The number of aliphatic hydroxyl groups is 1. The maximum atomic E-state index is 10.8. The number of nitrogens with zero attached hydrogens (tertiary/aromatic N) is 1. The predicted molar refractivity (Wildman–Crippen MR) is 74.9 cm³/mol. The van der Waals surface area contributed by atoms with E-state index in [0.29, 0.717) is 0 Å².